The van der Waals surface area contributed by atoms with Crippen molar-refractivity contribution in [3.63, 3.8) is 0 Å². The summed E-state index contributed by atoms with van der Waals surface area (Å²) < 4.78 is 29.3. The van der Waals surface area contributed by atoms with Crippen LogP contribution in [0.15, 0.2) is 30.3 Å². The van der Waals surface area contributed by atoms with E-state index in [0.717, 1.165) is 0 Å². The van der Waals surface area contributed by atoms with E-state index in [-0.39, 0.29) is 46.9 Å². The first-order chi connectivity index (χ1) is 20.0. The first-order valence-electron chi connectivity index (χ1n) is 14.2. The normalized spacial score (nSPS) is 24.6. The predicted molar refractivity (Wildman–Crippen MR) is 158 cm³/mol. The number of aliphatic hydroxyl groups is 2. The molecule has 5 N–H and O–H groups in total. The smallest absolute Gasteiger partial charge is 0.305 e. The van der Waals surface area contributed by atoms with E-state index in [0.29, 0.717) is 23.2 Å². The molecular weight excluding hydrogens is 605 g/mol. The van der Waals surface area contributed by atoms with Gasteiger partial charge in [0.1, 0.15) is 22.8 Å². The van der Waals surface area contributed by atoms with E-state index < -0.39 is 65.6 Å². The van der Waals surface area contributed by atoms with Crippen molar-refractivity contribution in [2.24, 2.45) is 5.41 Å². The number of Topliss-reactive ketones (excluding diaryl/α,β-unsaturated/α-hetero) is 1. The maximum Gasteiger partial charge on any atom is 0.305 e. The molecule has 2 aliphatic rings. The van der Waals surface area contributed by atoms with E-state index >= 15 is 4.39 Å². The molecule has 4 rings (SSSR count). The number of hydrogen-bond acceptors (Lipinski definition) is 6. The number of amides is 1. The molecule has 0 radical (unpaired) electrons. The molecule has 8 nitrogen and oxygen atoms in total. The molecule has 2 heterocycles. The van der Waals surface area contributed by atoms with Crippen molar-refractivity contribution in [2.45, 2.75) is 94.9 Å². The minimum atomic E-state index is -1.48. The van der Waals surface area contributed by atoms with E-state index in [1.54, 1.807) is 0 Å². The Morgan fingerprint density at radius 3 is 2.35 bits per heavy atom. The molecule has 234 valence electrons. The number of hydrogen-bond donors (Lipinski definition) is 5. The molecule has 6 atom stereocenters. The maximum absolute atomic E-state index is 15.0. The third kappa shape index (κ3) is 6.88. The van der Waals surface area contributed by atoms with E-state index in [1.165, 1.54) is 30.3 Å². The fraction of sp³-hybridized carbons (Fsp3) is 0.516. The fourth-order valence-electron chi connectivity index (χ4n) is 6.58. The van der Waals surface area contributed by atoms with Crippen LogP contribution in [0.1, 0.15) is 76.3 Å². The number of ketones is 1. The van der Waals surface area contributed by atoms with Crippen LogP contribution in [-0.2, 0) is 19.8 Å². The second kappa shape index (κ2) is 12.8. The van der Waals surface area contributed by atoms with Gasteiger partial charge in [0, 0.05) is 24.1 Å². The fourth-order valence-corrected chi connectivity index (χ4v) is 6.93. The summed E-state index contributed by atoms with van der Waals surface area (Å²) in [6.07, 6.45) is -2.15. The Labute approximate surface area is 258 Å². The molecule has 0 bridgehead atoms. The van der Waals surface area contributed by atoms with Crippen molar-refractivity contribution < 1.29 is 38.5 Å². The van der Waals surface area contributed by atoms with Crippen LogP contribution in [0.2, 0.25) is 10.0 Å². The Hall–Kier alpha value is -2.63. The van der Waals surface area contributed by atoms with E-state index in [1.807, 2.05) is 20.8 Å². The highest BCUT2D eigenvalue weighted by Gasteiger charge is 2.65. The topological polar surface area (TPSA) is 136 Å². The number of fused-ring (bicyclic) bond motifs is 2. The molecule has 1 amide bonds. The van der Waals surface area contributed by atoms with Crippen LogP contribution in [-0.4, -0.2) is 57.3 Å². The zero-order valence-electron chi connectivity index (χ0n) is 24.1. The SMILES string of the molecule is CC(C)(C)C[C@H]1N[C@@H](C(=O)CCC[C@@H](O)C[C@@H](O)CC(=O)O)[C@H](c2ccc(F)c(Cl)c2)[C@@]12C(=O)Nc1cc(Cl)c(F)cc12. The minimum absolute atomic E-state index is 0.0169. The average Bonchev–Trinajstić information content (AvgIpc) is 3.34. The van der Waals surface area contributed by atoms with Gasteiger partial charge >= 0.3 is 5.97 Å². The first kappa shape index (κ1) is 33.3. The Morgan fingerprint density at radius 1 is 1.05 bits per heavy atom. The van der Waals surface area contributed by atoms with Crippen LogP contribution < -0.4 is 10.6 Å². The molecule has 0 saturated carbocycles. The lowest BCUT2D eigenvalue weighted by molar-refractivity contribution is -0.139. The lowest BCUT2D eigenvalue weighted by Gasteiger charge is -2.37. The van der Waals surface area contributed by atoms with Gasteiger partial charge in [-0.25, -0.2) is 8.78 Å². The van der Waals surface area contributed by atoms with Crippen molar-refractivity contribution in [1.29, 1.82) is 0 Å². The van der Waals surface area contributed by atoms with Gasteiger partial charge in [-0.15, -0.1) is 0 Å². The number of carbonyl (C=O) groups excluding carboxylic acids is 2. The number of carboxylic acid groups (broad SMARTS) is 1. The number of aliphatic hydroxyl groups excluding tert-OH is 2. The van der Waals surface area contributed by atoms with Crippen LogP contribution in [0.4, 0.5) is 14.5 Å². The van der Waals surface area contributed by atoms with Crippen LogP contribution in [0, 0.1) is 17.0 Å². The van der Waals surface area contributed by atoms with E-state index in [2.05, 4.69) is 10.6 Å². The van der Waals surface area contributed by atoms with Crippen molar-refractivity contribution >= 4 is 46.5 Å². The number of anilines is 1. The third-order valence-corrected chi connectivity index (χ3v) is 8.84. The summed E-state index contributed by atoms with van der Waals surface area (Å²) in [5.41, 5.74) is -0.724. The highest BCUT2D eigenvalue weighted by atomic mass is 35.5. The Balaban J connectivity index is 1.74. The average molecular weight is 642 g/mol. The molecule has 0 unspecified atom stereocenters. The summed E-state index contributed by atoms with van der Waals surface area (Å²) in [7, 11) is 0. The predicted octanol–water partition coefficient (Wildman–Crippen LogP) is 5.35. The van der Waals surface area contributed by atoms with Crippen LogP contribution in [0.5, 0.6) is 0 Å². The summed E-state index contributed by atoms with van der Waals surface area (Å²) >= 11 is 12.3. The molecule has 0 aromatic heterocycles. The van der Waals surface area contributed by atoms with Gasteiger partial charge in [0.2, 0.25) is 5.91 Å². The molecule has 2 aliphatic heterocycles. The molecule has 2 aromatic carbocycles. The lowest BCUT2D eigenvalue weighted by atomic mass is 9.62. The van der Waals surface area contributed by atoms with Gasteiger partial charge in [0.15, 0.2) is 0 Å². The van der Waals surface area contributed by atoms with Gasteiger partial charge in [-0.3, -0.25) is 14.4 Å². The van der Waals surface area contributed by atoms with Crippen molar-refractivity contribution in [3.8, 4) is 0 Å². The Morgan fingerprint density at radius 2 is 1.72 bits per heavy atom. The largest absolute Gasteiger partial charge is 0.481 e. The van der Waals surface area contributed by atoms with Gasteiger partial charge in [-0.2, -0.15) is 0 Å². The molecule has 12 heteroatoms. The second-order valence-electron chi connectivity index (χ2n) is 12.7. The van der Waals surface area contributed by atoms with E-state index in [4.69, 9.17) is 28.3 Å². The van der Waals surface area contributed by atoms with Gasteiger partial charge in [-0.1, -0.05) is 50.0 Å². The van der Waals surface area contributed by atoms with Crippen LogP contribution in [0.25, 0.3) is 0 Å². The van der Waals surface area contributed by atoms with E-state index in [9.17, 15) is 29.0 Å². The molecule has 1 saturated heterocycles. The summed E-state index contributed by atoms with van der Waals surface area (Å²) in [5.74, 6) is -4.23. The standard InChI is InChI=1S/C31H36Cl2F2N2O6/c1-30(2,3)14-25-31(18-12-22(35)20(33)13-23(18)36-29(31)43)27(15-7-8-21(34)19(32)9-15)28(37-25)24(40)6-4-5-16(38)10-17(39)11-26(41)42/h7-9,12-13,16-17,25,27-28,37-39H,4-6,10-11,14H2,1-3H3,(H,36,43)(H,41,42)/t16-,17-,25-,27+,28+,31+/m1/s1. The number of benzene rings is 2. The number of rotatable bonds is 11. The number of aliphatic carboxylic acids is 1. The molecular formula is C31H36Cl2F2N2O6. The zero-order chi connectivity index (χ0) is 31.9. The number of carboxylic acids is 1. The number of nitrogens with one attached hydrogen (secondary N) is 2. The zero-order valence-corrected chi connectivity index (χ0v) is 25.6. The van der Waals surface area contributed by atoms with Gasteiger partial charge in [-0.05, 0) is 66.5 Å². The maximum atomic E-state index is 15.0. The van der Waals surface area contributed by atoms with Crippen LogP contribution in [0.3, 0.4) is 0 Å². The highest BCUT2D eigenvalue weighted by molar-refractivity contribution is 6.31. The Bertz CT molecular complexity index is 1420. The first-order valence-corrected chi connectivity index (χ1v) is 14.9. The molecule has 1 spiro atoms. The van der Waals surface area contributed by atoms with Gasteiger partial charge in [0.05, 0.1) is 34.7 Å². The molecule has 0 aliphatic carbocycles. The molecule has 43 heavy (non-hydrogen) atoms. The minimum Gasteiger partial charge on any atom is -0.481 e. The summed E-state index contributed by atoms with van der Waals surface area (Å²) in [6.45, 7) is 5.95. The number of carbonyl (C=O) groups is 3. The Kier molecular flexibility index (Phi) is 9.88. The molecule has 2 aromatic rings. The second-order valence-corrected chi connectivity index (χ2v) is 13.6. The summed E-state index contributed by atoms with van der Waals surface area (Å²) in [4.78, 5) is 38.8. The van der Waals surface area contributed by atoms with Gasteiger partial charge in [0.25, 0.3) is 0 Å². The third-order valence-electron chi connectivity index (χ3n) is 8.27. The number of halogens is 4. The monoisotopic (exact) mass is 640 g/mol. The molecule has 1 fully saturated rings. The van der Waals surface area contributed by atoms with Crippen molar-refractivity contribution in [2.75, 3.05) is 5.32 Å². The van der Waals surface area contributed by atoms with Crippen molar-refractivity contribution in [1.82, 2.24) is 5.32 Å². The van der Waals surface area contributed by atoms with Crippen molar-refractivity contribution in [3.05, 3.63) is 63.1 Å². The lowest BCUT2D eigenvalue weighted by Crippen LogP contribution is -2.49. The van der Waals surface area contributed by atoms with Crippen LogP contribution >= 0.6 is 23.2 Å². The summed E-state index contributed by atoms with van der Waals surface area (Å²) in [5, 5.41) is 34.8. The quantitative estimate of drug-likeness (QED) is 0.223. The van der Waals surface area contributed by atoms with Gasteiger partial charge < -0.3 is 26.0 Å². The summed E-state index contributed by atoms with van der Waals surface area (Å²) in [6, 6.07) is 4.98. The highest BCUT2D eigenvalue weighted by Crippen LogP contribution is 2.57.